The lowest BCUT2D eigenvalue weighted by Crippen LogP contribution is -2.36. The second-order valence-electron chi connectivity index (χ2n) is 7.96. The fourth-order valence-electron chi connectivity index (χ4n) is 3.97. The molecule has 2 heterocycles. The Morgan fingerprint density at radius 1 is 1.12 bits per heavy atom. The van der Waals surface area contributed by atoms with Crippen molar-refractivity contribution < 1.29 is 22.7 Å². The van der Waals surface area contributed by atoms with E-state index in [2.05, 4.69) is 5.32 Å². The van der Waals surface area contributed by atoms with Gasteiger partial charge in [0.05, 0.1) is 30.2 Å². The quantitative estimate of drug-likeness (QED) is 0.473. The van der Waals surface area contributed by atoms with Gasteiger partial charge >= 0.3 is 0 Å². The minimum absolute atomic E-state index is 0.0174. The van der Waals surface area contributed by atoms with Gasteiger partial charge in [-0.15, -0.1) is 0 Å². The number of hydrogen-bond acceptors (Lipinski definition) is 7. The molecule has 0 bridgehead atoms. The summed E-state index contributed by atoms with van der Waals surface area (Å²) < 4.78 is 39.0. The van der Waals surface area contributed by atoms with Crippen molar-refractivity contribution >= 4 is 34.0 Å². The van der Waals surface area contributed by atoms with Gasteiger partial charge in [0, 0.05) is 42.7 Å². The number of fused-ring (bicyclic) bond motifs is 1. The van der Waals surface area contributed by atoms with E-state index in [-0.39, 0.29) is 27.7 Å². The Labute approximate surface area is 193 Å². The molecular weight excluding hydrogens is 446 g/mol. The van der Waals surface area contributed by atoms with E-state index in [1.54, 1.807) is 13.0 Å². The number of anilines is 2. The number of nitrogens with two attached hydrogens (primary N) is 2. The summed E-state index contributed by atoms with van der Waals surface area (Å²) in [5, 5.41) is 3.23. The first kappa shape index (κ1) is 23.2. The first-order chi connectivity index (χ1) is 16.3. The van der Waals surface area contributed by atoms with Crippen molar-refractivity contribution in [3.05, 3.63) is 75.6 Å². The molecule has 1 amide bonds. The maximum Gasteiger partial charge on any atom is 0.250 e. The third-order valence-electron chi connectivity index (χ3n) is 5.62. The summed E-state index contributed by atoms with van der Waals surface area (Å²) in [4.78, 5) is 26.9. The molecule has 0 spiro atoms. The molecule has 1 atom stereocenters. The number of carbonyl (C=O) groups is 1. The standard InChI is InChI=1S/C24H24F2N4O4/c1-13(29-17-9-15(25)8-16(26)10-17)18-6-14(20(12-27)24(28)32)7-19-21(31)11-22(34-23(18)19)30-2-4-33-5-3-30/h6-13,29H,2-5,27H2,1H3,(H2,28,32)/b20-12-. The third kappa shape index (κ3) is 4.72. The molecule has 1 aromatic heterocycles. The maximum absolute atomic E-state index is 13.7. The largest absolute Gasteiger partial charge is 0.440 e. The molecule has 10 heteroatoms. The second-order valence-corrected chi connectivity index (χ2v) is 7.96. The van der Waals surface area contributed by atoms with Gasteiger partial charge in [-0.3, -0.25) is 9.59 Å². The molecule has 1 saturated heterocycles. The van der Waals surface area contributed by atoms with Gasteiger partial charge in [0.1, 0.15) is 17.2 Å². The monoisotopic (exact) mass is 470 g/mol. The van der Waals surface area contributed by atoms with Gasteiger partial charge in [0.2, 0.25) is 0 Å². The average molecular weight is 470 g/mol. The molecule has 2 aromatic carbocycles. The normalized spacial score (nSPS) is 15.4. The number of nitrogens with zero attached hydrogens (tertiary/aromatic N) is 1. The van der Waals surface area contributed by atoms with Crippen LogP contribution >= 0.6 is 0 Å². The van der Waals surface area contributed by atoms with Gasteiger partial charge < -0.3 is 30.8 Å². The number of rotatable bonds is 6. The molecule has 1 aliphatic heterocycles. The highest BCUT2D eigenvalue weighted by Crippen LogP contribution is 2.32. The van der Waals surface area contributed by atoms with E-state index in [0.29, 0.717) is 43.3 Å². The van der Waals surface area contributed by atoms with Crippen LogP contribution in [0.3, 0.4) is 0 Å². The molecule has 0 aliphatic carbocycles. The molecule has 3 aromatic rings. The molecule has 0 saturated carbocycles. The molecule has 1 unspecified atom stereocenters. The third-order valence-corrected chi connectivity index (χ3v) is 5.62. The minimum atomic E-state index is -0.769. The maximum atomic E-state index is 13.7. The topological polar surface area (TPSA) is 124 Å². The van der Waals surface area contributed by atoms with Crippen LogP contribution in [0.25, 0.3) is 16.5 Å². The number of amides is 1. The predicted molar refractivity (Wildman–Crippen MR) is 125 cm³/mol. The van der Waals surface area contributed by atoms with Crippen LogP contribution in [-0.2, 0) is 9.53 Å². The Morgan fingerprint density at radius 2 is 1.79 bits per heavy atom. The fourth-order valence-corrected chi connectivity index (χ4v) is 3.97. The molecule has 4 rings (SSSR count). The molecule has 0 radical (unpaired) electrons. The summed E-state index contributed by atoms with van der Waals surface area (Å²) in [7, 11) is 0. The summed E-state index contributed by atoms with van der Waals surface area (Å²) in [6.07, 6.45) is 1.07. The smallest absolute Gasteiger partial charge is 0.250 e. The van der Waals surface area contributed by atoms with Crippen LogP contribution in [0.5, 0.6) is 0 Å². The van der Waals surface area contributed by atoms with Crippen LogP contribution in [0.1, 0.15) is 24.1 Å². The first-order valence-electron chi connectivity index (χ1n) is 10.7. The van der Waals surface area contributed by atoms with Crippen LogP contribution in [0, 0.1) is 11.6 Å². The van der Waals surface area contributed by atoms with Crippen LogP contribution in [0.15, 0.2) is 51.8 Å². The number of nitrogens with one attached hydrogen (secondary N) is 1. The molecule has 1 fully saturated rings. The van der Waals surface area contributed by atoms with E-state index < -0.39 is 23.6 Å². The SMILES string of the molecule is CC(Nc1cc(F)cc(F)c1)c1cc(/C(=C/N)C(N)=O)cc2c(=O)cc(N3CCOCC3)oc12. The lowest BCUT2D eigenvalue weighted by atomic mass is 9.96. The number of hydrogen-bond donors (Lipinski definition) is 3. The van der Waals surface area contributed by atoms with E-state index in [1.165, 1.54) is 12.1 Å². The van der Waals surface area contributed by atoms with Crippen molar-refractivity contribution in [2.75, 3.05) is 36.5 Å². The number of carbonyl (C=O) groups excluding carboxylic acids is 1. The van der Waals surface area contributed by atoms with Crippen LogP contribution in [0.2, 0.25) is 0 Å². The summed E-state index contributed by atoms with van der Waals surface area (Å²) in [5.74, 6) is -1.87. The van der Waals surface area contributed by atoms with Gasteiger partial charge in [-0.1, -0.05) is 0 Å². The Morgan fingerprint density at radius 3 is 2.41 bits per heavy atom. The Kier molecular flexibility index (Phi) is 6.51. The number of benzene rings is 2. The average Bonchev–Trinajstić information content (AvgIpc) is 2.79. The first-order valence-corrected chi connectivity index (χ1v) is 10.7. The molecule has 8 nitrogen and oxygen atoms in total. The van der Waals surface area contributed by atoms with Crippen molar-refractivity contribution in [1.29, 1.82) is 0 Å². The lowest BCUT2D eigenvalue weighted by molar-refractivity contribution is -0.112. The Hall–Kier alpha value is -3.92. The van der Waals surface area contributed by atoms with Crippen molar-refractivity contribution in [3.8, 4) is 0 Å². The van der Waals surface area contributed by atoms with Gasteiger partial charge in [-0.25, -0.2) is 8.78 Å². The van der Waals surface area contributed by atoms with Crippen molar-refractivity contribution in [3.63, 3.8) is 0 Å². The predicted octanol–water partition coefficient (Wildman–Crippen LogP) is 2.87. The number of halogens is 2. The number of ether oxygens (including phenoxy) is 1. The number of morpholine rings is 1. The summed E-state index contributed by atoms with van der Waals surface area (Å²) in [6.45, 7) is 3.85. The van der Waals surface area contributed by atoms with Crippen molar-refractivity contribution in [1.82, 2.24) is 0 Å². The highest BCUT2D eigenvalue weighted by Gasteiger charge is 2.22. The zero-order valence-electron chi connectivity index (χ0n) is 18.4. The zero-order chi connectivity index (χ0) is 24.4. The van der Waals surface area contributed by atoms with E-state index in [4.69, 9.17) is 20.6 Å². The van der Waals surface area contributed by atoms with Gasteiger partial charge in [0.25, 0.3) is 5.91 Å². The molecule has 178 valence electrons. The second kappa shape index (κ2) is 9.52. The van der Waals surface area contributed by atoms with Crippen molar-refractivity contribution in [2.45, 2.75) is 13.0 Å². The van der Waals surface area contributed by atoms with Crippen LogP contribution < -0.4 is 27.1 Å². The summed E-state index contributed by atoms with van der Waals surface area (Å²) in [6, 6.07) is 6.98. The molecular formula is C24H24F2N4O4. The van der Waals surface area contributed by atoms with Gasteiger partial charge in [0.15, 0.2) is 11.3 Å². The summed E-state index contributed by atoms with van der Waals surface area (Å²) in [5.41, 5.74) is 12.0. The molecule has 1 aliphatic rings. The van der Waals surface area contributed by atoms with E-state index in [0.717, 1.165) is 24.4 Å². The Balaban J connectivity index is 1.88. The van der Waals surface area contributed by atoms with E-state index in [1.807, 2.05) is 4.90 Å². The highest BCUT2D eigenvalue weighted by molar-refractivity contribution is 6.19. The molecule has 34 heavy (non-hydrogen) atoms. The van der Waals surface area contributed by atoms with E-state index >= 15 is 0 Å². The molecule has 5 N–H and O–H groups in total. The van der Waals surface area contributed by atoms with Crippen LogP contribution in [-0.4, -0.2) is 32.2 Å². The van der Waals surface area contributed by atoms with E-state index in [9.17, 15) is 18.4 Å². The van der Waals surface area contributed by atoms with Crippen LogP contribution in [0.4, 0.5) is 20.4 Å². The fraction of sp³-hybridized carbons (Fsp3) is 0.250. The van der Waals surface area contributed by atoms with Gasteiger partial charge in [-0.2, -0.15) is 0 Å². The number of primary amides is 1. The zero-order valence-corrected chi connectivity index (χ0v) is 18.4. The van der Waals surface area contributed by atoms with Gasteiger partial charge in [-0.05, 0) is 36.8 Å². The lowest BCUT2D eigenvalue weighted by Gasteiger charge is -2.27. The highest BCUT2D eigenvalue weighted by atomic mass is 19.1. The van der Waals surface area contributed by atoms with Crippen molar-refractivity contribution in [2.24, 2.45) is 11.5 Å². The Bertz CT molecular complexity index is 1310. The summed E-state index contributed by atoms with van der Waals surface area (Å²) >= 11 is 0. The minimum Gasteiger partial charge on any atom is -0.440 e.